The molecule has 0 fully saturated rings. The monoisotopic (exact) mass is 288 g/mol. The second-order valence-electron chi connectivity index (χ2n) is 5.11. The minimum absolute atomic E-state index is 0.284. The molecule has 0 aliphatic carbocycles. The fourth-order valence-corrected chi connectivity index (χ4v) is 2.55. The maximum atomic E-state index is 12.1. The van der Waals surface area contributed by atoms with E-state index < -0.39 is 5.63 Å². The molecule has 0 bridgehead atoms. The first-order valence-electron chi connectivity index (χ1n) is 7.03. The smallest absolute Gasteiger partial charge is 0.364 e. The van der Waals surface area contributed by atoms with Crippen LogP contribution in [0.25, 0.3) is 22.0 Å². The van der Waals surface area contributed by atoms with Crippen molar-refractivity contribution in [3.05, 3.63) is 82.5 Å². The van der Waals surface area contributed by atoms with Crippen LogP contribution >= 0.6 is 0 Å². The highest BCUT2D eigenvalue weighted by Crippen LogP contribution is 2.20. The van der Waals surface area contributed by atoms with Crippen molar-refractivity contribution in [3.63, 3.8) is 0 Å². The molecule has 0 aliphatic rings. The second kappa shape index (κ2) is 5.07. The molecule has 0 spiro atoms. The van der Waals surface area contributed by atoms with Gasteiger partial charge < -0.3 is 4.42 Å². The highest BCUT2D eigenvalue weighted by molar-refractivity contribution is 5.99. The summed E-state index contributed by atoms with van der Waals surface area (Å²) in [5.74, 6) is 0. The lowest BCUT2D eigenvalue weighted by atomic mass is 10.1. The van der Waals surface area contributed by atoms with Crippen LogP contribution in [0.3, 0.4) is 0 Å². The first kappa shape index (κ1) is 12.7. The summed E-state index contributed by atoms with van der Waals surface area (Å²) in [7, 11) is 0. The Morgan fingerprint density at radius 3 is 2.55 bits per heavy atom. The van der Waals surface area contributed by atoms with Gasteiger partial charge in [-0.05, 0) is 17.7 Å². The molecular weight excluding hydrogens is 276 g/mol. The highest BCUT2D eigenvalue weighted by atomic mass is 16.4. The SMILES string of the molecule is O=c1oc2ccccc2c2ncc(Cc3ccccc3)nc12. The summed E-state index contributed by atoms with van der Waals surface area (Å²) in [6.07, 6.45) is 2.36. The molecule has 2 heterocycles. The summed E-state index contributed by atoms with van der Waals surface area (Å²) in [6.45, 7) is 0. The van der Waals surface area contributed by atoms with Crippen molar-refractivity contribution in [2.45, 2.75) is 6.42 Å². The molecule has 4 heteroatoms. The topological polar surface area (TPSA) is 56.0 Å². The van der Waals surface area contributed by atoms with Crippen molar-refractivity contribution in [1.29, 1.82) is 0 Å². The Labute approximate surface area is 126 Å². The number of benzene rings is 2. The van der Waals surface area contributed by atoms with Gasteiger partial charge in [0.1, 0.15) is 11.1 Å². The minimum Gasteiger partial charge on any atom is -0.421 e. The van der Waals surface area contributed by atoms with E-state index in [0.29, 0.717) is 17.5 Å². The molecule has 0 saturated carbocycles. The lowest BCUT2D eigenvalue weighted by Crippen LogP contribution is -2.06. The van der Waals surface area contributed by atoms with Crippen molar-refractivity contribution in [2.75, 3.05) is 0 Å². The van der Waals surface area contributed by atoms with Gasteiger partial charge in [0.05, 0.1) is 5.69 Å². The van der Waals surface area contributed by atoms with E-state index in [9.17, 15) is 4.79 Å². The summed E-state index contributed by atoms with van der Waals surface area (Å²) in [6, 6.07) is 17.3. The van der Waals surface area contributed by atoms with Crippen LogP contribution in [0, 0.1) is 0 Å². The lowest BCUT2D eigenvalue weighted by Gasteiger charge is -2.04. The molecule has 0 atom stereocenters. The van der Waals surface area contributed by atoms with Crippen molar-refractivity contribution >= 4 is 22.0 Å². The van der Waals surface area contributed by atoms with E-state index in [4.69, 9.17) is 4.42 Å². The van der Waals surface area contributed by atoms with Gasteiger partial charge in [-0.15, -0.1) is 0 Å². The molecule has 0 radical (unpaired) electrons. The molecule has 2 aromatic heterocycles. The van der Waals surface area contributed by atoms with E-state index >= 15 is 0 Å². The van der Waals surface area contributed by atoms with Crippen molar-refractivity contribution < 1.29 is 4.42 Å². The number of para-hydroxylation sites is 1. The number of fused-ring (bicyclic) bond motifs is 3. The standard InChI is InChI=1S/C18H12N2O2/c21-18-17-16(14-8-4-5-9-15(14)22-18)19-11-13(20-17)10-12-6-2-1-3-7-12/h1-9,11H,10H2. The fourth-order valence-electron chi connectivity index (χ4n) is 2.55. The number of rotatable bonds is 2. The van der Waals surface area contributed by atoms with Gasteiger partial charge in [-0.2, -0.15) is 0 Å². The van der Waals surface area contributed by atoms with E-state index in [2.05, 4.69) is 9.97 Å². The van der Waals surface area contributed by atoms with Crippen LogP contribution < -0.4 is 5.63 Å². The van der Waals surface area contributed by atoms with Crippen LogP contribution in [-0.4, -0.2) is 9.97 Å². The lowest BCUT2D eigenvalue weighted by molar-refractivity contribution is 0.567. The van der Waals surface area contributed by atoms with Crippen LogP contribution in [0.1, 0.15) is 11.3 Å². The molecule has 4 nitrogen and oxygen atoms in total. The zero-order chi connectivity index (χ0) is 14.9. The molecule has 0 N–H and O–H groups in total. The van der Waals surface area contributed by atoms with Crippen molar-refractivity contribution in [2.24, 2.45) is 0 Å². The van der Waals surface area contributed by atoms with Crippen LogP contribution in [-0.2, 0) is 6.42 Å². The largest absolute Gasteiger partial charge is 0.421 e. The molecule has 22 heavy (non-hydrogen) atoms. The summed E-state index contributed by atoms with van der Waals surface area (Å²) in [4.78, 5) is 21.0. The number of nitrogens with zero attached hydrogens (tertiary/aromatic N) is 2. The van der Waals surface area contributed by atoms with Gasteiger partial charge in [0.15, 0.2) is 5.52 Å². The van der Waals surface area contributed by atoms with Crippen LogP contribution in [0.4, 0.5) is 0 Å². The molecule has 4 aromatic rings. The Hall–Kier alpha value is -3.01. The predicted molar refractivity (Wildman–Crippen MR) is 84.8 cm³/mol. The molecule has 4 rings (SSSR count). The third-order valence-corrected chi connectivity index (χ3v) is 3.59. The zero-order valence-electron chi connectivity index (χ0n) is 11.7. The van der Waals surface area contributed by atoms with Crippen LogP contribution in [0.2, 0.25) is 0 Å². The van der Waals surface area contributed by atoms with Gasteiger partial charge in [0.2, 0.25) is 0 Å². The van der Waals surface area contributed by atoms with Crippen LogP contribution in [0.15, 0.2) is 70.0 Å². The average Bonchev–Trinajstić information content (AvgIpc) is 2.56. The number of hydrogen-bond acceptors (Lipinski definition) is 4. The fraction of sp³-hybridized carbons (Fsp3) is 0.0556. The molecule has 0 unspecified atom stereocenters. The molecule has 0 aliphatic heterocycles. The molecular formula is C18H12N2O2. The number of aromatic nitrogens is 2. The zero-order valence-corrected chi connectivity index (χ0v) is 11.7. The van der Waals surface area contributed by atoms with Crippen molar-refractivity contribution in [1.82, 2.24) is 9.97 Å². The maximum Gasteiger partial charge on any atom is 0.364 e. The Morgan fingerprint density at radius 2 is 1.68 bits per heavy atom. The summed E-state index contributed by atoms with van der Waals surface area (Å²) < 4.78 is 5.32. The quantitative estimate of drug-likeness (QED) is 0.419. The van der Waals surface area contributed by atoms with Gasteiger partial charge in [-0.1, -0.05) is 42.5 Å². The third-order valence-electron chi connectivity index (χ3n) is 3.59. The number of hydrogen-bond donors (Lipinski definition) is 0. The van der Waals surface area contributed by atoms with E-state index in [-0.39, 0.29) is 5.52 Å². The van der Waals surface area contributed by atoms with E-state index in [0.717, 1.165) is 16.6 Å². The summed E-state index contributed by atoms with van der Waals surface area (Å²) >= 11 is 0. The van der Waals surface area contributed by atoms with Crippen LogP contribution in [0.5, 0.6) is 0 Å². The summed E-state index contributed by atoms with van der Waals surface area (Å²) in [5, 5.41) is 0.802. The Kier molecular flexibility index (Phi) is 2.93. The van der Waals surface area contributed by atoms with Gasteiger partial charge in [-0.25, -0.2) is 9.78 Å². The minimum atomic E-state index is -0.448. The maximum absolute atomic E-state index is 12.1. The van der Waals surface area contributed by atoms with Gasteiger partial charge in [0, 0.05) is 18.0 Å². The Balaban J connectivity index is 1.89. The Morgan fingerprint density at radius 1 is 0.909 bits per heavy atom. The molecule has 0 amide bonds. The van der Waals surface area contributed by atoms with E-state index in [1.807, 2.05) is 48.5 Å². The van der Waals surface area contributed by atoms with Gasteiger partial charge >= 0.3 is 5.63 Å². The van der Waals surface area contributed by atoms with Crippen molar-refractivity contribution in [3.8, 4) is 0 Å². The van der Waals surface area contributed by atoms with E-state index in [1.165, 1.54) is 0 Å². The van der Waals surface area contributed by atoms with E-state index in [1.54, 1.807) is 12.3 Å². The van der Waals surface area contributed by atoms with Gasteiger partial charge in [0.25, 0.3) is 0 Å². The highest BCUT2D eigenvalue weighted by Gasteiger charge is 2.10. The predicted octanol–water partition coefficient (Wildman–Crippen LogP) is 3.33. The summed E-state index contributed by atoms with van der Waals surface area (Å²) in [5.41, 5.74) is 2.83. The first-order valence-corrected chi connectivity index (χ1v) is 7.03. The molecule has 2 aromatic carbocycles. The van der Waals surface area contributed by atoms with Gasteiger partial charge in [-0.3, -0.25) is 4.98 Å². The normalized spacial score (nSPS) is 11.1. The Bertz CT molecular complexity index is 1020. The second-order valence-corrected chi connectivity index (χ2v) is 5.11. The average molecular weight is 288 g/mol. The third kappa shape index (κ3) is 2.15. The first-order chi connectivity index (χ1) is 10.8. The molecule has 0 saturated heterocycles. The molecule has 106 valence electrons.